The molecule has 0 aliphatic rings. The highest BCUT2D eigenvalue weighted by molar-refractivity contribution is 6.32. The molecule has 0 radical (unpaired) electrons. The molecule has 0 atom stereocenters. The number of amides is 1. The smallest absolute Gasteiger partial charge is 0.249 e. The van der Waals surface area contributed by atoms with E-state index in [-0.39, 0.29) is 10.6 Å². The summed E-state index contributed by atoms with van der Waals surface area (Å²) in [5, 5.41) is 9.34. The van der Waals surface area contributed by atoms with Gasteiger partial charge in [0.15, 0.2) is 5.82 Å². The van der Waals surface area contributed by atoms with Gasteiger partial charge >= 0.3 is 0 Å². The number of H-pyrrole nitrogens is 1. The Morgan fingerprint density at radius 3 is 2.95 bits per heavy atom. The first kappa shape index (κ1) is 13.3. The molecule has 6 heteroatoms. The number of aromatic amines is 1. The van der Waals surface area contributed by atoms with E-state index < -0.39 is 11.7 Å². The zero-order valence-corrected chi connectivity index (χ0v) is 10.8. The predicted octanol–water partition coefficient (Wildman–Crippen LogP) is 3.16. The van der Waals surface area contributed by atoms with Crippen molar-refractivity contribution in [1.82, 2.24) is 10.2 Å². The van der Waals surface area contributed by atoms with Crippen LogP contribution in [0.3, 0.4) is 0 Å². The number of aromatic nitrogens is 2. The first-order valence-corrected chi connectivity index (χ1v) is 5.89. The van der Waals surface area contributed by atoms with Crippen LogP contribution in [0.1, 0.15) is 11.3 Å². The Morgan fingerprint density at radius 2 is 2.32 bits per heavy atom. The predicted molar refractivity (Wildman–Crippen MR) is 72.4 cm³/mol. The molecular formula is C13H11ClFN3O. The van der Waals surface area contributed by atoms with Crippen LogP contribution in [-0.2, 0) is 4.79 Å². The Balaban J connectivity index is 2.08. The van der Waals surface area contributed by atoms with Crippen LogP contribution in [0.4, 0.5) is 10.2 Å². The molecule has 2 rings (SSSR count). The van der Waals surface area contributed by atoms with Crippen LogP contribution in [-0.4, -0.2) is 16.1 Å². The first-order valence-electron chi connectivity index (χ1n) is 5.51. The molecular weight excluding hydrogens is 269 g/mol. The van der Waals surface area contributed by atoms with E-state index in [0.717, 1.165) is 5.69 Å². The highest BCUT2D eigenvalue weighted by Crippen LogP contribution is 2.20. The van der Waals surface area contributed by atoms with Gasteiger partial charge in [0.1, 0.15) is 5.82 Å². The Morgan fingerprint density at radius 1 is 1.53 bits per heavy atom. The van der Waals surface area contributed by atoms with Crippen molar-refractivity contribution in [2.24, 2.45) is 0 Å². The number of aryl methyl sites for hydroxylation is 1. The number of nitrogens with one attached hydrogen (secondary N) is 2. The van der Waals surface area contributed by atoms with Gasteiger partial charge in [-0.15, -0.1) is 0 Å². The molecule has 1 aromatic carbocycles. The van der Waals surface area contributed by atoms with E-state index in [2.05, 4.69) is 15.5 Å². The lowest BCUT2D eigenvalue weighted by atomic mass is 10.2. The standard InChI is InChI=1S/C13H11ClFN3O/c1-8-7-12(18-17-8)16-13(19)6-5-9-10(14)3-2-4-11(9)15/h2-7H,1H3,(H2,16,17,18,19). The van der Waals surface area contributed by atoms with E-state index in [1.54, 1.807) is 12.1 Å². The van der Waals surface area contributed by atoms with Gasteiger partial charge in [-0.25, -0.2) is 4.39 Å². The summed E-state index contributed by atoms with van der Waals surface area (Å²) in [7, 11) is 0. The maximum atomic E-state index is 13.4. The van der Waals surface area contributed by atoms with Gasteiger partial charge in [0, 0.05) is 23.4 Å². The zero-order chi connectivity index (χ0) is 13.8. The molecule has 1 amide bonds. The molecule has 2 N–H and O–H groups in total. The summed E-state index contributed by atoms with van der Waals surface area (Å²) in [5.41, 5.74) is 1.01. The molecule has 0 saturated heterocycles. The van der Waals surface area contributed by atoms with Gasteiger partial charge in [-0.05, 0) is 25.1 Å². The first-order chi connectivity index (χ1) is 9.06. The number of hydrogen-bond donors (Lipinski definition) is 2. The molecule has 4 nitrogen and oxygen atoms in total. The number of carbonyl (C=O) groups is 1. The largest absolute Gasteiger partial charge is 0.306 e. The summed E-state index contributed by atoms with van der Waals surface area (Å²) in [6, 6.07) is 6.02. The molecule has 98 valence electrons. The van der Waals surface area contributed by atoms with E-state index in [1.807, 2.05) is 6.92 Å². The Hall–Kier alpha value is -2.14. The van der Waals surface area contributed by atoms with Crippen molar-refractivity contribution in [1.29, 1.82) is 0 Å². The summed E-state index contributed by atoms with van der Waals surface area (Å²) in [4.78, 5) is 11.6. The Bertz CT molecular complexity index is 616. The number of nitrogens with zero attached hydrogens (tertiary/aromatic N) is 1. The van der Waals surface area contributed by atoms with Crippen LogP contribution >= 0.6 is 11.6 Å². The van der Waals surface area contributed by atoms with Crippen molar-refractivity contribution in [3.63, 3.8) is 0 Å². The van der Waals surface area contributed by atoms with E-state index in [9.17, 15) is 9.18 Å². The fourth-order valence-corrected chi connectivity index (χ4v) is 1.70. The van der Waals surface area contributed by atoms with Crippen LogP contribution < -0.4 is 5.32 Å². The van der Waals surface area contributed by atoms with Gasteiger partial charge < -0.3 is 5.32 Å². The van der Waals surface area contributed by atoms with Crippen LogP contribution in [0, 0.1) is 12.7 Å². The van der Waals surface area contributed by atoms with Crippen molar-refractivity contribution >= 4 is 29.4 Å². The molecule has 0 aliphatic heterocycles. The number of halogens is 2. The van der Waals surface area contributed by atoms with Crippen LogP contribution in [0.25, 0.3) is 6.08 Å². The van der Waals surface area contributed by atoms with E-state index in [4.69, 9.17) is 11.6 Å². The van der Waals surface area contributed by atoms with Crippen LogP contribution in [0.5, 0.6) is 0 Å². The average Bonchev–Trinajstić information content (AvgIpc) is 2.74. The lowest BCUT2D eigenvalue weighted by molar-refractivity contribution is -0.111. The molecule has 1 aromatic heterocycles. The van der Waals surface area contributed by atoms with Crippen molar-refractivity contribution in [2.75, 3.05) is 5.32 Å². The Labute approximate surface area is 114 Å². The van der Waals surface area contributed by atoms with Crippen molar-refractivity contribution in [3.05, 3.63) is 52.4 Å². The van der Waals surface area contributed by atoms with Gasteiger partial charge in [-0.3, -0.25) is 9.89 Å². The second kappa shape index (κ2) is 5.67. The second-order valence-corrected chi connectivity index (χ2v) is 4.30. The fraction of sp³-hybridized carbons (Fsp3) is 0.0769. The summed E-state index contributed by atoms with van der Waals surface area (Å²) in [6.07, 6.45) is 2.53. The van der Waals surface area contributed by atoms with E-state index >= 15 is 0 Å². The van der Waals surface area contributed by atoms with Crippen LogP contribution in [0.2, 0.25) is 5.02 Å². The molecule has 19 heavy (non-hydrogen) atoms. The number of rotatable bonds is 3. The van der Waals surface area contributed by atoms with E-state index in [0.29, 0.717) is 5.82 Å². The lowest BCUT2D eigenvalue weighted by Gasteiger charge is -1.99. The molecule has 0 bridgehead atoms. The van der Waals surface area contributed by atoms with Crippen LogP contribution in [0.15, 0.2) is 30.3 Å². The highest BCUT2D eigenvalue weighted by Gasteiger charge is 2.05. The third-order valence-corrected chi connectivity index (χ3v) is 2.69. The molecule has 0 saturated carbocycles. The summed E-state index contributed by atoms with van der Waals surface area (Å²) < 4.78 is 13.4. The SMILES string of the molecule is Cc1cc(NC(=O)C=Cc2c(F)cccc2Cl)n[nH]1. The monoisotopic (exact) mass is 279 g/mol. The summed E-state index contributed by atoms with van der Waals surface area (Å²) >= 11 is 5.84. The number of anilines is 1. The topological polar surface area (TPSA) is 57.8 Å². The maximum absolute atomic E-state index is 13.4. The van der Waals surface area contributed by atoms with Gasteiger partial charge in [0.2, 0.25) is 5.91 Å². The molecule has 0 fully saturated rings. The molecule has 0 spiro atoms. The average molecular weight is 280 g/mol. The zero-order valence-electron chi connectivity index (χ0n) is 10.1. The fourth-order valence-electron chi connectivity index (χ4n) is 1.48. The molecule has 1 heterocycles. The minimum absolute atomic E-state index is 0.178. The normalized spacial score (nSPS) is 10.9. The summed E-state index contributed by atoms with van der Waals surface area (Å²) in [5.74, 6) is -0.482. The molecule has 2 aromatic rings. The minimum atomic E-state index is -0.479. The molecule has 0 aliphatic carbocycles. The van der Waals surface area contributed by atoms with Gasteiger partial charge in [-0.1, -0.05) is 17.7 Å². The summed E-state index contributed by atoms with van der Waals surface area (Å²) in [6.45, 7) is 1.82. The second-order valence-electron chi connectivity index (χ2n) is 3.89. The minimum Gasteiger partial charge on any atom is -0.306 e. The molecule has 0 unspecified atom stereocenters. The third kappa shape index (κ3) is 3.42. The highest BCUT2D eigenvalue weighted by atomic mass is 35.5. The Kier molecular flexibility index (Phi) is 3.97. The lowest BCUT2D eigenvalue weighted by Crippen LogP contribution is -2.08. The van der Waals surface area contributed by atoms with E-state index in [1.165, 1.54) is 24.3 Å². The van der Waals surface area contributed by atoms with Crippen molar-refractivity contribution in [3.8, 4) is 0 Å². The quantitative estimate of drug-likeness (QED) is 0.848. The van der Waals surface area contributed by atoms with Crippen molar-refractivity contribution < 1.29 is 9.18 Å². The maximum Gasteiger partial charge on any atom is 0.249 e. The number of carbonyl (C=O) groups excluding carboxylic acids is 1. The van der Waals surface area contributed by atoms with Gasteiger partial charge in [0.25, 0.3) is 0 Å². The van der Waals surface area contributed by atoms with Crippen molar-refractivity contribution in [2.45, 2.75) is 6.92 Å². The van der Waals surface area contributed by atoms with Gasteiger partial charge in [-0.2, -0.15) is 5.10 Å². The third-order valence-electron chi connectivity index (χ3n) is 2.36. The number of hydrogen-bond acceptors (Lipinski definition) is 2. The number of benzene rings is 1. The van der Waals surface area contributed by atoms with Gasteiger partial charge in [0.05, 0.1) is 5.02 Å².